The molecule has 1 saturated carbocycles. The molecule has 2 rings (SSSR count). The summed E-state index contributed by atoms with van der Waals surface area (Å²) in [5, 5.41) is 0. The van der Waals surface area contributed by atoms with Crippen LogP contribution in [-0.4, -0.2) is 5.91 Å². The second-order valence-electron chi connectivity index (χ2n) is 3.97. The summed E-state index contributed by atoms with van der Waals surface area (Å²) in [6, 6.07) is 0. The topological polar surface area (TPSA) is 43.1 Å². The molecule has 0 spiro atoms. The number of fused-ring (bicyclic) bond motifs is 2. The van der Waals surface area contributed by atoms with Crippen molar-refractivity contribution in [2.75, 3.05) is 0 Å². The van der Waals surface area contributed by atoms with Crippen LogP contribution in [0.1, 0.15) is 19.8 Å². The van der Waals surface area contributed by atoms with E-state index in [0.717, 1.165) is 12.8 Å². The average Bonchev–Trinajstić information content (AvgIpc) is 2.45. The highest BCUT2D eigenvalue weighted by Crippen LogP contribution is 2.51. The summed E-state index contributed by atoms with van der Waals surface area (Å²) in [6.45, 7) is 1.99. The molecule has 2 bridgehead atoms. The van der Waals surface area contributed by atoms with Crippen LogP contribution in [0, 0.1) is 17.3 Å². The van der Waals surface area contributed by atoms with Crippen LogP contribution in [0.2, 0.25) is 0 Å². The Labute approximate surface area is 66.5 Å². The molecular weight excluding hydrogens is 138 g/mol. The van der Waals surface area contributed by atoms with Gasteiger partial charge in [-0.05, 0) is 24.7 Å². The molecule has 2 nitrogen and oxygen atoms in total. The van der Waals surface area contributed by atoms with Gasteiger partial charge >= 0.3 is 0 Å². The van der Waals surface area contributed by atoms with Gasteiger partial charge in [-0.3, -0.25) is 4.79 Å². The average molecular weight is 151 g/mol. The summed E-state index contributed by atoms with van der Waals surface area (Å²) in [5.41, 5.74) is 5.11. The molecule has 3 unspecified atom stereocenters. The summed E-state index contributed by atoms with van der Waals surface area (Å²) in [6.07, 6.45) is 6.47. The highest BCUT2D eigenvalue weighted by Gasteiger charge is 2.48. The van der Waals surface area contributed by atoms with E-state index in [4.69, 9.17) is 5.73 Å². The number of primary amides is 1. The van der Waals surface area contributed by atoms with E-state index < -0.39 is 0 Å². The number of amides is 1. The Morgan fingerprint density at radius 3 is 2.64 bits per heavy atom. The number of carbonyl (C=O) groups is 1. The standard InChI is InChI=1S/C9H13NO/c1-9(8(10)11)5-6-2-3-7(9)4-6/h2-3,6-7H,4-5H2,1H3,(H2,10,11). The fourth-order valence-corrected chi connectivity index (χ4v) is 2.38. The first-order valence-electron chi connectivity index (χ1n) is 4.11. The molecule has 60 valence electrons. The van der Waals surface area contributed by atoms with E-state index in [9.17, 15) is 4.79 Å². The highest BCUT2D eigenvalue weighted by molar-refractivity contribution is 5.81. The van der Waals surface area contributed by atoms with Crippen molar-refractivity contribution in [2.24, 2.45) is 23.0 Å². The molecule has 2 aliphatic rings. The third kappa shape index (κ3) is 0.753. The minimum atomic E-state index is -0.237. The van der Waals surface area contributed by atoms with Crippen LogP contribution in [0.3, 0.4) is 0 Å². The van der Waals surface area contributed by atoms with Crippen LogP contribution in [0.25, 0.3) is 0 Å². The number of rotatable bonds is 1. The molecular formula is C9H13NO. The van der Waals surface area contributed by atoms with Gasteiger partial charge in [0.15, 0.2) is 0 Å². The first-order chi connectivity index (χ1) is 5.13. The van der Waals surface area contributed by atoms with Crippen molar-refractivity contribution in [1.29, 1.82) is 0 Å². The van der Waals surface area contributed by atoms with E-state index in [2.05, 4.69) is 12.2 Å². The molecule has 0 heterocycles. The van der Waals surface area contributed by atoms with Crippen LogP contribution in [0.5, 0.6) is 0 Å². The predicted molar refractivity (Wildman–Crippen MR) is 42.7 cm³/mol. The molecule has 1 fully saturated rings. The van der Waals surface area contributed by atoms with E-state index >= 15 is 0 Å². The van der Waals surface area contributed by atoms with E-state index in [1.807, 2.05) is 6.92 Å². The monoisotopic (exact) mass is 151 g/mol. The maximum atomic E-state index is 11.1. The minimum Gasteiger partial charge on any atom is -0.369 e. The zero-order chi connectivity index (χ0) is 8.06. The summed E-state index contributed by atoms with van der Waals surface area (Å²) < 4.78 is 0. The summed E-state index contributed by atoms with van der Waals surface area (Å²) in [4.78, 5) is 11.1. The number of allylic oxidation sites excluding steroid dienone is 2. The molecule has 0 radical (unpaired) electrons. The molecule has 0 saturated heterocycles. The van der Waals surface area contributed by atoms with Gasteiger partial charge in [0.25, 0.3) is 0 Å². The van der Waals surface area contributed by atoms with Crippen molar-refractivity contribution in [1.82, 2.24) is 0 Å². The normalized spacial score (nSPS) is 46.6. The Morgan fingerprint density at radius 1 is 1.64 bits per heavy atom. The fraction of sp³-hybridized carbons (Fsp3) is 0.667. The second kappa shape index (κ2) is 1.87. The molecule has 0 aromatic rings. The molecule has 0 aromatic heterocycles. The summed E-state index contributed by atoms with van der Waals surface area (Å²) in [7, 11) is 0. The van der Waals surface area contributed by atoms with Crippen LogP contribution in [0.4, 0.5) is 0 Å². The van der Waals surface area contributed by atoms with Crippen LogP contribution >= 0.6 is 0 Å². The maximum absolute atomic E-state index is 11.1. The number of hydrogen-bond acceptors (Lipinski definition) is 1. The van der Waals surface area contributed by atoms with Gasteiger partial charge in [-0.15, -0.1) is 0 Å². The van der Waals surface area contributed by atoms with E-state index in [1.165, 1.54) is 0 Å². The predicted octanol–water partition coefficient (Wildman–Crippen LogP) is 1.07. The highest BCUT2D eigenvalue weighted by atomic mass is 16.1. The van der Waals surface area contributed by atoms with E-state index in [0.29, 0.717) is 11.8 Å². The first kappa shape index (κ1) is 6.89. The van der Waals surface area contributed by atoms with Gasteiger partial charge in [0.05, 0.1) is 5.41 Å². The van der Waals surface area contributed by atoms with E-state index in [-0.39, 0.29) is 11.3 Å². The largest absolute Gasteiger partial charge is 0.369 e. The van der Waals surface area contributed by atoms with Crippen molar-refractivity contribution in [3.05, 3.63) is 12.2 Å². The molecule has 3 atom stereocenters. The van der Waals surface area contributed by atoms with Gasteiger partial charge in [0.2, 0.25) is 5.91 Å². The molecule has 0 aliphatic heterocycles. The maximum Gasteiger partial charge on any atom is 0.223 e. The Kier molecular flexibility index (Phi) is 1.17. The zero-order valence-electron chi connectivity index (χ0n) is 6.71. The number of nitrogens with two attached hydrogens (primary N) is 1. The molecule has 0 aromatic carbocycles. The van der Waals surface area contributed by atoms with Crippen LogP contribution in [-0.2, 0) is 4.79 Å². The van der Waals surface area contributed by atoms with Gasteiger partial charge < -0.3 is 5.73 Å². The lowest BCUT2D eigenvalue weighted by molar-refractivity contribution is -0.128. The van der Waals surface area contributed by atoms with Crippen LogP contribution < -0.4 is 5.73 Å². The lowest BCUT2D eigenvalue weighted by Crippen LogP contribution is -2.37. The zero-order valence-corrected chi connectivity index (χ0v) is 6.71. The fourth-order valence-electron chi connectivity index (χ4n) is 2.38. The van der Waals surface area contributed by atoms with Crippen molar-refractivity contribution in [3.63, 3.8) is 0 Å². The third-order valence-electron chi connectivity index (χ3n) is 3.24. The summed E-state index contributed by atoms with van der Waals surface area (Å²) in [5.74, 6) is 0.914. The van der Waals surface area contributed by atoms with Gasteiger partial charge in [0, 0.05) is 0 Å². The third-order valence-corrected chi connectivity index (χ3v) is 3.24. The van der Waals surface area contributed by atoms with Gasteiger partial charge in [-0.2, -0.15) is 0 Å². The lowest BCUT2D eigenvalue weighted by Gasteiger charge is -2.27. The Morgan fingerprint density at radius 2 is 2.36 bits per heavy atom. The molecule has 1 amide bonds. The van der Waals surface area contributed by atoms with Crippen molar-refractivity contribution >= 4 is 5.91 Å². The SMILES string of the molecule is CC1(C(N)=O)CC2C=CC1C2. The number of hydrogen-bond donors (Lipinski definition) is 1. The quantitative estimate of drug-likeness (QED) is 0.560. The van der Waals surface area contributed by atoms with Crippen molar-refractivity contribution in [2.45, 2.75) is 19.8 Å². The number of carbonyl (C=O) groups excluding carboxylic acids is 1. The minimum absolute atomic E-state index is 0.130. The molecule has 11 heavy (non-hydrogen) atoms. The molecule has 2 aliphatic carbocycles. The van der Waals surface area contributed by atoms with Crippen molar-refractivity contribution in [3.8, 4) is 0 Å². The lowest BCUT2D eigenvalue weighted by atomic mass is 9.77. The van der Waals surface area contributed by atoms with E-state index in [1.54, 1.807) is 0 Å². The smallest absolute Gasteiger partial charge is 0.223 e. The molecule has 2 N–H and O–H groups in total. The van der Waals surface area contributed by atoms with Gasteiger partial charge in [-0.25, -0.2) is 0 Å². The first-order valence-corrected chi connectivity index (χ1v) is 4.11. The van der Waals surface area contributed by atoms with Gasteiger partial charge in [0.1, 0.15) is 0 Å². The van der Waals surface area contributed by atoms with Crippen LogP contribution in [0.15, 0.2) is 12.2 Å². The Balaban J connectivity index is 2.30. The summed E-state index contributed by atoms with van der Waals surface area (Å²) >= 11 is 0. The van der Waals surface area contributed by atoms with Crippen molar-refractivity contribution < 1.29 is 4.79 Å². The second-order valence-corrected chi connectivity index (χ2v) is 3.97. The molecule has 2 heteroatoms. The Bertz CT molecular complexity index is 234. The Hall–Kier alpha value is -0.790. The van der Waals surface area contributed by atoms with Gasteiger partial charge in [-0.1, -0.05) is 19.1 Å².